The van der Waals surface area contributed by atoms with E-state index < -0.39 is 0 Å². The lowest BCUT2D eigenvalue weighted by atomic mass is 10.1. The van der Waals surface area contributed by atoms with E-state index in [4.69, 9.17) is 11.6 Å². The van der Waals surface area contributed by atoms with Crippen molar-refractivity contribution >= 4 is 22.9 Å². The Bertz CT molecular complexity index is 519. The van der Waals surface area contributed by atoms with Crippen molar-refractivity contribution in [3.05, 3.63) is 45.1 Å². The maximum atomic E-state index is 6.23. The third kappa shape index (κ3) is 3.35. The molecule has 1 aromatic heterocycles. The van der Waals surface area contributed by atoms with Crippen LogP contribution in [0.2, 0.25) is 5.02 Å². The van der Waals surface area contributed by atoms with Gasteiger partial charge in [0.2, 0.25) is 0 Å². The van der Waals surface area contributed by atoms with E-state index in [0.717, 1.165) is 24.5 Å². The summed E-state index contributed by atoms with van der Waals surface area (Å²) in [6.07, 6.45) is 1.14. The van der Waals surface area contributed by atoms with Gasteiger partial charge in [-0.15, -0.1) is 11.3 Å². The summed E-state index contributed by atoms with van der Waals surface area (Å²) in [4.78, 5) is 1.34. The van der Waals surface area contributed by atoms with E-state index in [2.05, 4.69) is 42.7 Å². The van der Waals surface area contributed by atoms with Gasteiger partial charge in [0.1, 0.15) is 0 Å². The number of benzene rings is 1. The number of halogens is 1. The topological polar surface area (TPSA) is 12.0 Å². The lowest BCUT2D eigenvalue weighted by molar-refractivity contribution is 0.676. The SMILES string of the molecule is CCCNCc1cc(-c2csc(C)c2)ccc1Cl. The summed E-state index contributed by atoms with van der Waals surface area (Å²) in [5, 5.41) is 6.43. The van der Waals surface area contributed by atoms with Crippen LogP contribution in [0.4, 0.5) is 0 Å². The standard InChI is InChI=1S/C15H18ClNS/c1-3-6-17-9-13-8-12(4-5-15(13)16)14-7-11(2)18-10-14/h4-5,7-8,10,17H,3,6,9H2,1-2H3. The van der Waals surface area contributed by atoms with E-state index in [-0.39, 0.29) is 0 Å². The first-order chi connectivity index (χ1) is 8.70. The highest BCUT2D eigenvalue weighted by Gasteiger charge is 2.05. The van der Waals surface area contributed by atoms with Crippen molar-refractivity contribution in [2.24, 2.45) is 0 Å². The molecule has 0 amide bonds. The zero-order valence-electron chi connectivity index (χ0n) is 10.8. The normalized spacial score (nSPS) is 10.8. The van der Waals surface area contributed by atoms with Crippen LogP contribution in [0.5, 0.6) is 0 Å². The summed E-state index contributed by atoms with van der Waals surface area (Å²) in [6, 6.07) is 8.49. The molecule has 3 heteroatoms. The lowest BCUT2D eigenvalue weighted by Crippen LogP contribution is -2.14. The minimum atomic E-state index is 0.837. The third-order valence-corrected chi connectivity index (χ3v) is 4.08. The van der Waals surface area contributed by atoms with Gasteiger partial charge in [-0.25, -0.2) is 0 Å². The first-order valence-corrected chi connectivity index (χ1v) is 7.51. The van der Waals surface area contributed by atoms with Gasteiger partial charge in [0.25, 0.3) is 0 Å². The summed E-state index contributed by atoms with van der Waals surface area (Å²) < 4.78 is 0. The molecular formula is C15H18ClNS. The van der Waals surface area contributed by atoms with Gasteiger partial charge in [-0.2, -0.15) is 0 Å². The van der Waals surface area contributed by atoms with Crippen molar-refractivity contribution < 1.29 is 0 Å². The van der Waals surface area contributed by atoms with Crippen molar-refractivity contribution in [1.82, 2.24) is 5.32 Å². The molecule has 1 aromatic carbocycles. The molecular weight excluding hydrogens is 262 g/mol. The smallest absolute Gasteiger partial charge is 0.0451 e. The molecule has 1 nitrogen and oxygen atoms in total. The number of aryl methyl sites for hydroxylation is 1. The molecule has 0 radical (unpaired) electrons. The zero-order chi connectivity index (χ0) is 13.0. The largest absolute Gasteiger partial charge is 0.313 e. The van der Waals surface area contributed by atoms with Crippen LogP contribution in [0.15, 0.2) is 29.6 Å². The molecule has 1 heterocycles. The van der Waals surface area contributed by atoms with Gasteiger partial charge < -0.3 is 5.32 Å². The van der Waals surface area contributed by atoms with Crippen LogP contribution in [-0.2, 0) is 6.54 Å². The van der Waals surface area contributed by atoms with Crippen LogP contribution in [0.25, 0.3) is 11.1 Å². The number of thiophene rings is 1. The molecule has 0 unspecified atom stereocenters. The molecule has 96 valence electrons. The zero-order valence-corrected chi connectivity index (χ0v) is 12.4. The van der Waals surface area contributed by atoms with Gasteiger partial charge in [-0.3, -0.25) is 0 Å². The van der Waals surface area contributed by atoms with Gasteiger partial charge in [-0.1, -0.05) is 24.6 Å². The highest BCUT2D eigenvalue weighted by Crippen LogP contribution is 2.28. The van der Waals surface area contributed by atoms with E-state index in [1.165, 1.54) is 21.6 Å². The first-order valence-electron chi connectivity index (χ1n) is 6.25. The molecule has 0 saturated carbocycles. The van der Waals surface area contributed by atoms with E-state index >= 15 is 0 Å². The Hall–Kier alpha value is -0.830. The minimum Gasteiger partial charge on any atom is -0.313 e. The fourth-order valence-electron chi connectivity index (χ4n) is 1.88. The van der Waals surface area contributed by atoms with Gasteiger partial charge in [0, 0.05) is 16.4 Å². The molecule has 0 aliphatic rings. The van der Waals surface area contributed by atoms with Crippen molar-refractivity contribution in [3.63, 3.8) is 0 Å². The monoisotopic (exact) mass is 279 g/mol. The highest BCUT2D eigenvalue weighted by atomic mass is 35.5. The molecule has 2 rings (SSSR count). The van der Waals surface area contributed by atoms with Gasteiger partial charge in [0.05, 0.1) is 0 Å². The fourth-order valence-corrected chi connectivity index (χ4v) is 2.78. The lowest BCUT2D eigenvalue weighted by Gasteiger charge is -2.08. The summed E-state index contributed by atoms with van der Waals surface area (Å²) in [7, 11) is 0. The molecule has 0 aliphatic carbocycles. The summed E-state index contributed by atoms with van der Waals surface area (Å²) >= 11 is 8.01. The van der Waals surface area contributed by atoms with Crippen molar-refractivity contribution in [2.75, 3.05) is 6.54 Å². The van der Waals surface area contributed by atoms with Crippen LogP contribution < -0.4 is 5.32 Å². The van der Waals surface area contributed by atoms with Crippen molar-refractivity contribution in [2.45, 2.75) is 26.8 Å². The number of hydrogen-bond acceptors (Lipinski definition) is 2. The Morgan fingerprint density at radius 3 is 2.72 bits per heavy atom. The van der Waals surface area contributed by atoms with Crippen LogP contribution in [-0.4, -0.2) is 6.54 Å². The second-order valence-electron chi connectivity index (χ2n) is 4.43. The average molecular weight is 280 g/mol. The molecule has 0 fully saturated rings. The molecule has 1 N–H and O–H groups in total. The third-order valence-electron chi connectivity index (χ3n) is 2.85. The Labute approximate surface area is 118 Å². The quantitative estimate of drug-likeness (QED) is 0.770. The number of hydrogen-bond donors (Lipinski definition) is 1. The van der Waals surface area contributed by atoms with Crippen LogP contribution in [0.3, 0.4) is 0 Å². The van der Waals surface area contributed by atoms with Crippen molar-refractivity contribution in [1.29, 1.82) is 0 Å². The average Bonchev–Trinajstić information content (AvgIpc) is 2.78. The Kier molecular flexibility index (Phi) is 4.81. The van der Waals surface area contributed by atoms with Crippen LogP contribution in [0, 0.1) is 6.92 Å². The first kappa shape index (κ1) is 13.6. The Morgan fingerprint density at radius 1 is 1.22 bits per heavy atom. The van der Waals surface area contributed by atoms with E-state index in [1.807, 2.05) is 6.07 Å². The van der Waals surface area contributed by atoms with E-state index in [0.29, 0.717) is 0 Å². The highest BCUT2D eigenvalue weighted by molar-refractivity contribution is 7.10. The second kappa shape index (κ2) is 6.37. The van der Waals surface area contributed by atoms with Gasteiger partial charge in [0.15, 0.2) is 0 Å². The van der Waals surface area contributed by atoms with E-state index in [1.54, 1.807) is 11.3 Å². The summed E-state index contributed by atoms with van der Waals surface area (Å²) in [5.74, 6) is 0. The molecule has 0 saturated heterocycles. The van der Waals surface area contributed by atoms with E-state index in [9.17, 15) is 0 Å². The fraction of sp³-hybridized carbons (Fsp3) is 0.333. The van der Waals surface area contributed by atoms with Crippen molar-refractivity contribution in [3.8, 4) is 11.1 Å². The second-order valence-corrected chi connectivity index (χ2v) is 5.95. The van der Waals surface area contributed by atoms with Crippen LogP contribution in [0.1, 0.15) is 23.8 Å². The molecule has 0 aliphatic heterocycles. The maximum absolute atomic E-state index is 6.23. The maximum Gasteiger partial charge on any atom is 0.0451 e. The predicted octanol–water partition coefficient (Wildman–Crippen LogP) is 4.88. The molecule has 2 aromatic rings. The van der Waals surface area contributed by atoms with Crippen LogP contribution >= 0.6 is 22.9 Å². The molecule has 0 spiro atoms. The Balaban J connectivity index is 2.20. The number of nitrogens with one attached hydrogen (secondary N) is 1. The minimum absolute atomic E-state index is 0.837. The molecule has 18 heavy (non-hydrogen) atoms. The molecule has 0 bridgehead atoms. The predicted molar refractivity (Wildman–Crippen MR) is 81.5 cm³/mol. The Morgan fingerprint density at radius 2 is 2.06 bits per heavy atom. The van der Waals surface area contributed by atoms with Gasteiger partial charge >= 0.3 is 0 Å². The molecule has 0 atom stereocenters. The summed E-state index contributed by atoms with van der Waals surface area (Å²) in [6.45, 7) is 6.16. The summed E-state index contributed by atoms with van der Waals surface area (Å²) in [5.41, 5.74) is 3.70. The number of rotatable bonds is 5. The van der Waals surface area contributed by atoms with Gasteiger partial charge in [-0.05, 0) is 60.2 Å².